The molecule has 0 aliphatic carbocycles. The number of methoxy groups -OCH3 is 1. The first-order chi connectivity index (χ1) is 10.0. The minimum atomic E-state index is -1.08. The number of aromatic carboxylic acids is 1. The second-order valence-electron chi connectivity index (χ2n) is 4.12. The largest absolute Gasteiger partial charge is 0.490 e. The third kappa shape index (κ3) is 3.08. The number of nitrogens with one attached hydrogen (secondary N) is 1. The number of carboxylic acid groups (broad SMARTS) is 1. The average Bonchev–Trinajstić information content (AvgIpc) is 2.47. The molecule has 2 rings (SSSR count). The molecule has 2 aromatic carbocycles. The number of nitrogens with zero attached hydrogens (tertiary/aromatic N) is 1. The number of carboxylic acids is 1. The summed E-state index contributed by atoms with van der Waals surface area (Å²) in [5.74, 6) is -0.946. The number of benzene rings is 2. The van der Waals surface area contributed by atoms with Crippen LogP contribution in [0.1, 0.15) is 10.4 Å². The van der Waals surface area contributed by atoms with Crippen molar-refractivity contribution in [3.8, 4) is 5.75 Å². The van der Waals surface area contributed by atoms with Crippen LogP contribution in [-0.2, 0) is 0 Å². The molecule has 0 spiro atoms. The summed E-state index contributed by atoms with van der Waals surface area (Å²) in [6.45, 7) is 0. The SMILES string of the molecule is COc1ccc(Nc2ccccc2C(=O)O)cc1[N+](=O)[O-]. The summed E-state index contributed by atoms with van der Waals surface area (Å²) in [6, 6.07) is 10.6. The maximum absolute atomic E-state index is 11.1. The number of rotatable bonds is 5. The lowest BCUT2D eigenvalue weighted by atomic mass is 10.1. The Morgan fingerprint density at radius 1 is 1.29 bits per heavy atom. The molecule has 0 amide bonds. The maximum atomic E-state index is 11.1. The Hall–Kier alpha value is -3.09. The van der Waals surface area contributed by atoms with Crippen LogP contribution in [-0.4, -0.2) is 23.1 Å². The fourth-order valence-electron chi connectivity index (χ4n) is 1.84. The summed E-state index contributed by atoms with van der Waals surface area (Å²) in [4.78, 5) is 21.5. The van der Waals surface area contributed by atoms with Gasteiger partial charge in [0.1, 0.15) is 0 Å². The van der Waals surface area contributed by atoms with Crippen molar-refractivity contribution in [2.24, 2.45) is 0 Å². The summed E-state index contributed by atoms with van der Waals surface area (Å²) in [6.07, 6.45) is 0. The number of ether oxygens (including phenoxy) is 1. The Balaban J connectivity index is 2.39. The van der Waals surface area contributed by atoms with Gasteiger partial charge in [-0.1, -0.05) is 12.1 Å². The van der Waals surface area contributed by atoms with Crippen molar-refractivity contribution in [3.05, 3.63) is 58.1 Å². The molecule has 0 aromatic heterocycles. The standard InChI is InChI=1S/C14H12N2O5/c1-21-13-7-6-9(8-12(13)16(19)20)15-11-5-3-2-4-10(11)14(17)18/h2-8,15H,1H3,(H,17,18). The molecular weight excluding hydrogens is 276 g/mol. The minimum Gasteiger partial charge on any atom is -0.490 e. The average molecular weight is 288 g/mol. The normalized spacial score (nSPS) is 9.95. The van der Waals surface area contributed by atoms with Crippen LogP contribution in [0.15, 0.2) is 42.5 Å². The number of nitro benzene ring substituents is 1. The third-order valence-electron chi connectivity index (χ3n) is 2.81. The first kappa shape index (κ1) is 14.3. The van der Waals surface area contributed by atoms with Gasteiger partial charge in [0.25, 0.3) is 0 Å². The molecule has 0 aliphatic heterocycles. The van der Waals surface area contributed by atoms with Crippen molar-refractivity contribution in [2.75, 3.05) is 12.4 Å². The first-order valence-corrected chi connectivity index (χ1v) is 5.94. The third-order valence-corrected chi connectivity index (χ3v) is 2.81. The van der Waals surface area contributed by atoms with E-state index in [4.69, 9.17) is 9.84 Å². The van der Waals surface area contributed by atoms with E-state index in [-0.39, 0.29) is 17.0 Å². The van der Waals surface area contributed by atoms with Crippen LogP contribution < -0.4 is 10.1 Å². The highest BCUT2D eigenvalue weighted by Crippen LogP contribution is 2.31. The lowest BCUT2D eigenvalue weighted by molar-refractivity contribution is -0.385. The van der Waals surface area contributed by atoms with Crippen LogP contribution in [0.3, 0.4) is 0 Å². The molecule has 7 heteroatoms. The first-order valence-electron chi connectivity index (χ1n) is 5.94. The minimum absolute atomic E-state index is 0.0796. The second kappa shape index (κ2) is 5.91. The summed E-state index contributed by atoms with van der Waals surface area (Å²) < 4.78 is 4.91. The Labute approximate surface area is 119 Å². The zero-order valence-corrected chi connectivity index (χ0v) is 11.1. The van der Waals surface area contributed by atoms with E-state index in [1.807, 2.05) is 0 Å². The van der Waals surface area contributed by atoms with Crippen LogP contribution in [0.4, 0.5) is 17.1 Å². The van der Waals surface area contributed by atoms with Gasteiger partial charge in [0.05, 0.1) is 23.3 Å². The topological polar surface area (TPSA) is 102 Å². The fourth-order valence-corrected chi connectivity index (χ4v) is 1.84. The van der Waals surface area contributed by atoms with Gasteiger partial charge in [-0.15, -0.1) is 0 Å². The van der Waals surface area contributed by atoms with E-state index in [0.717, 1.165) is 0 Å². The van der Waals surface area contributed by atoms with Gasteiger partial charge in [-0.25, -0.2) is 4.79 Å². The van der Waals surface area contributed by atoms with Gasteiger partial charge in [-0.2, -0.15) is 0 Å². The molecule has 7 nitrogen and oxygen atoms in total. The molecule has 0 radical (unpaired) electrons. The van der Waals surface area contributed by atoms with Crippen molar-refractivity contribution in [1.82, 2.24) is 0 Å². The van der Waals surface area contributed by atoms with E-state index in [1.54, 1.807) is 24.3 Å². The van der Waals surface area contributed by atoms with Gasteiger partial charge in [0.15, 0.2) is 5.75 Å². The summed E-state index contributed by atoms with van der Waals surface area (Å²) in [5.41, 5.74) is 0.631. The van der Waals surface area contributed by atoms with E-state index in [2.05, 4.69) is 5.32 Å². The molecule has 0 bridgehead atoms. The zero-order chi connectivity index (χ0) is 15.4. The second-order valence-corrected chi connectivity index (χ2v) is 4.12. The van der Waals surface area contributed by atoms with Gasteiger partial charge < -0.3 is 15.2 Å². The Morgan fingerprint density at radius 2 is 2.00 bits per heavy atom. The number of hydrogen-bond donors (Lipinski definition) is 2. The summed E-state index contributed by atoms with van der Waals surface area (Å²) in [5, 5.41) is 22.9. The summed E-state index contributed by atoms with van der Waals surface area (Å²) in [7, 11) is 1.34. The molecule has 0 saturated carbocycles. The van der Waals surface area contributed by atoms with Gasteiger partial charge in [0, 0.05) is 11.8 Å². The fraction of sp³-hybridized carbons (Fsp3) is 0.0714. The predicted molar refractivity (Wildman–Crippen MR) is 76.3 cm³/mol. The molecule has 2 aromatic rings. The summed E-state index contributed by atoms with van der Waals surface area (Å²) >= 11 is 0. The molecule has 0 heterocycles. The highest BCUT2D eigenvalue weighted by atomic mass is 16.6. The Morgan fingerprint density at radius 3 is 2.62 bits per heavy atom. The smallest absolute Gasteiger partial charge is 0.337 e. The number of para-hydroxylation sites is 1. The maximum Gasteiger partial charge on any atom is 0.337 e. The van der Waals surface area contributed by atoms with Gasteiger partial charge >= 0.3 is 11.7 Å². The molecule has 0 fully saturated rings. The monoisotopic (exact) mass is 288 g/mol. The molecule has 21 heavy (non-hydrogen) atoms. The lowest BCUT2D eigenvalue weighted by Crippen LogP contribution is -2.03. The van der Waals surface area contributed by atoms with Crippen molar-refractivity contribution < 1.29 is 19.6 Å². The molecule has 2 N–H and O–H groups in total. The van der Waals surface area contributed by atoms with Gasteiger partial charge in [0.2, 0.25) is 0 Å². The Bertz CT molecular complexity index is 700. The van der Waals surface area contributed by atoms with E-state index >= 15 is 0 Å². The molecule has 0 aliphatic rings. The van der Waals surface area contributed by atoms with Gasteiger partial charge in [-0.3, -0.25) is 10.1 Å². The molecular formula is C14H12N2O5. The van der Waals surface area contributed by atoms with Crippen molar-refractivity contribution in [2.45, 2.75) is 0 Å². The number of anilines is 2. The number of hydrogen-bond acceptors (Lipinski definition) is 5. The van der Waals surface area contributed by atoms with Crippen LogP contribution in [0.25, 0.3) is 0 Å². The van der Waals surface area contributed by atoms with Crippen LogP contribution in [0, 0.1) is 10.1 Å². The number of nitro groups is 1. The van der Waals surface area contributed by atoms with E-state index in [0.29, 0.717) is 11.4 Å². The quantitative estimate of drug-likeness (QED) is 0.647. The molecule has 108 valence electrons. The Kier molecular flexibility index (Phi) is 4.03. The van der Waals surface area contributed by atoms with E-state index in [9.17, 15) is 14.9 Å². The molecule has 0 atom stereocenters. The highest BCUT2D eigenvalue weighted by Gasteiger charge is 2.16. The molecule has 0 saturated heterocycles. The van der Waals surface area contributed by atoms with Gasteiger partial charge in [-0.05, 0) is 24.3 Å². The highest BCUT2D eigenvalue weighted by molar-refractivity contribution is 5.95. The predicted octanol–water partition coefficient (Wildman–Crippen LogP) is 3.05. The molecule has 0 unspecified atom stereocenters. The van der Waals surface area contributed by atoms with Crippen molar-refractivity contribution in [1.29, 1.82) is 0 Å². The zero-order valence-electron chi connectivity index (χ0n) is 11.1. The van der Waals surface area contributed by atoms with E-state index < -0.39 is 10.9 Å². The van der Waals surface area contributed by atoms with Crippen LogP contribution in [0.2, 0.25) is 0 Å². The van der Waals surface area contributed by atoms with E-state index in [1.165, 1.54) is 25.3 Å². The lowest BCUT2D eigenvalue weighted by Gasteiger charge is -2.10. The van der Waals surface area contributed by atoms with Crippen LogP contribution in [0.5, 0.6) is 5.75 Å². The van der Waals surface area contributed by atoms with Crippen molar-refractivity contribution >= 4 is 23.0 Å². The van der Waals surface area contributed by atoms with Crippen LogP contribution >= 0.6 is 0 Å². The van der Waals surface area contributed by atoms with Crippen molar-refractivity contribution in [3.63, 3.8) is 0 Å². The number of carbonyl (C=O) groups is 1.